The minimum Gasteiger partial charge on any atom is -0.508 e. The van der Waals surface area contributed by atoms with Gasteiger partial charge in [0.25, 0.3) is 0 Å². The Morgan fingerprint density at radius 2 is 1.78 bits per heavy atom. The maximum absolute atomic E-state index is 12.0. The van der Waals surface area contributed by atoms with E-state index < -0.39 is 0 Å². The summed E-state index contributed by atoms with van der Waals surface area (Å²) in [6.45, 7) is 2.12. The third-order valence-electron chi connectivity index (χ3n) is 3.74. The first-order valence-electron chi connectivity index (χ1n) is 7.98. The number of phenolic OH excluding ortho intramolecular Hbond substituents is 2. The number of unbranched alkanes of at least 4 members (excludes halogenated alkanes) is 1. The molecule has 0 atom stereocenters. The molecule has 0 aliphatic rings. The summed E-state index contributed by atoms with van der Waals surface area (Å²) >= 11 is 0. The SMILES string of the molecule is CCCCc1cc(CCC(=O)Nc2ccc(O)cc2)ccc1O. The second kappa shape index (κ2) is 8.22. The monoisotopic (exact) mass is 313 g/mol. The zero-order valence-electron chi connectivity index (χ0n) is 13.4. The van der Waals surface area contributed by atoms with Crippen LogP contribution in [0.5, 0.6) is 11.5 Å². The van der Waals surface area contributed by atoms with Gasteiger partial charge < -0.3 is 15.5 Å². The Morgan fingerprint density at radius 3 is 2.48 bits per heavy atom. The van der Waals surface area contributed by atoms with E-state index in [0.29, 0.717) is 24.3 Å². The number of amides is 1. The summed E-state index contributed by atoms with van der Waals surface area (Å²) in [5.41, 5.74) is 2.67. The van der Waals surface area contributed by atoms with Crippen molar-refractivity contribution in [3.05, 3.63) is 53.6 Å². The van der Waals surface area contributed by atoms with Gasteiger partial charge in [0.05, 0.1) is 0 Å². The summed E-state index contributed by atoms with van der Waals surface area (Å²) in [6.07, 6.45) is 3.98. The van der Waals surface area contributed by atoms with Crippen molar-refractivity contribution in [3.8, 4) is 11.5 Å². The van der Waals surface area contributed by atoms with Crippen LogP contribution in [0.2, 0.25) is 0 Å². The van der Waals surface area contributed by atoms with E-state index in [-0.39, 0.29) is 11.7 Å². The van der Waals surface area contributed by atoms with Crippen molar-refractivity contribution in [2.45, 2.75) is 39.0 Å². The third-order valence-corrected chi connectivity index (χ3v) is 3.74. The van der Waals surface area contributed by atoms with E-state index in [2.05, 4.69) is 12.2 Å². The van der Waals surface area contributed by atoms with Crippen LogP contribution in [0.1, 0.15) is 37.3 Å². The molecule has 0 aliphatic heterocycles. The molecular weight excluding hydrogens is 290 g/mol. The zero-order chi connectivity index (χ0) is 16.7. The molecule has 0 saturated heterocycles. The van der Waals surface area contributed by atoms with Crippen LogP contribution in [0.25, 0.3) is 0 Å². The Hall–Kier alpha value is -2.49. The van der Waals surface area contributed by atoms with Gasteiger partial charge in [-0.3, -0.25) is 4.79 Å². The van der Waals surface area contributed by atoms with Gasteiger partial charge in [-0.25, -0.2) is 0 Å². The normalized spacial score (nSPS) is 10.5. The highest BCUT2D eigenvalue weighted by Crippen LogP contribution is 2.21. The number of aryl methyl sites for hydroxylation is 2. The summed E-state index contributed by atoms with van der Waals surface area (Å²) < 4.78 is 0. The molecule has 122 valence electrons. The van der Waals surface area contributed by atoms with E-state index in [9.17, 15) is 15.0 Å². The van der Waals surface area contributed by atoms with Gasteiger partial charge in [0.1, 0.15) is 11.5 Å². The number of benzene rings is 2. The number of phenols is 2. The van der Waals surface area contributed by atoms with Crippen molar-refractivity contribution >= 4 is 11.6 Å². The molecule has 2 rings (SSSR count). The Bertz CT molecular complexity index is 650. The average molecular weight is 313 g/mol. The Labute approximate surface area is 136 Å². The molecule has 0 unspecified atom stereocenters. The van der Waals surface area contributed by atoms with Crippen LogP contribution in [0.15, 0.2) is 42.5 Å². The van der Waals surface area contributed by atoms with Gasteiger partial charge in [0, 0.05) is 12.1 Å². The molecule has 0 spiro atoms. The van der Waals surface area contributed by atoms with Crippen molar-refractivity contribution in [2.24, 2.45) is 0 Å². The lowest BCUT2D eigenvalue weighted by Crippen LogP contribution is -2.12. The van der Waals surface area contributed by atoms with Crippen LogP contribution in [-0.2, 0) is 17.6 Å². The molecule has 0 aliphatic carbocycles. The average Bonchev–Trinajstić information content (AvgIpc) is 2.55. The Morgan fingerprint density at radius 1 is 1.04 bits per heavy atom. The van der Waals surface area contributed by atoms with Crippen LogP contribution in [0.4, 0.5) is 5.69 Å². The van der Waals surface area contributed by atoms with Crippen molar-refractivity contribution in [1.82, 2.24) is 0 Å². The third kappa shape index (κ3) is 5.33. The van der Waals surface area contributed by atoms with Crippen molar-refractivity contribution < 1.29 is 15.0 Å². The molecule has 2 aromatic rings. The largest absolute Gasteiger partial charge is 0.508 e. The first-order chi connectivity index (χ1) is 11.1. The second-order valence-corrected chi connectivity index (χ2v) is 5.66. The molecule has 0 heterocycles. The number of hydrogen-bond donors (Lipinski definition) is 3. The predicted octanol–water partition coefficient (Wildman–Crippen LogP) is 4.01. The molecule has 0 bridgehead atoms. The Balaban J connectivity index is 1.89. The molecule has 0 aromatic heterocycles. The number of carbonyl (C=O) groups is 1. The topological polar surface area (TPSA) is 69.6 Å². The van der Waals surface area contributed by atoms with Crippen LogP contribution in [0.3, 0.4) is 0 Å². The summed E-state index contributed by atoms with van der Waals surface area (Å²) in [6, 6.07) is 12.0. The van der Waals surface area contributed by atoms with Crippen molar-refractivity contribution in [1.29, 1.82) is 0 Å². The molecule has 4 heteroatoms. The van der Waals surface area contributed by atoms with E-state index in [0.717, 1.165) is 30.4 Å². The van der Waals surface area contributed by atoms with E-state index in [1.165, 1.54) is 12.1 Å². The second-order valence-electron chi connectivity index (χ2n) is 5.66. The summed E-state index contributed by atoms with van der Waals surface area (Å²) in [7, 11) is 0. The quantitative estimate of drug-likeness (QED) is 0.676. The molecule has 0 fully saturated rings. The van der Waals surface area contributed by atoms with Crippen LogP contribution < -0.4 is 5.32 Å². The lowest BCUT2D eigenvalue weighted by Gasteiger charge is -2.08. The number of hydrogen-bond acceptors (Lipinski definition) is 3. The fourth-order valence-corrected chi connectivity index (χ4v) is 2.39. The highest BCUT2D eigenvalue weighted by Gasteiger charge is 2.06. The van der Waals surface area contributed by atoms with E-state index in [1.54, 1.807) is 18.2 Å². The summed E-state index contributed by atoms with van der Waals surface area (Å²) in [5.74, 6) is 0.432. The highest BCUT2D eigenvalue weighted by molar-refractivity contribution is 5.90. The van der Waals surface area contributed by atoms with E-state index in [1.807, 2.05) is 12.1 Å². The minimum absolute atomic E-state index is 0.0705. The molecule has 2 aromatic carbocycles. The fourth-order valence-electron chi connectivity index (χ4n) is 2.39. The van der Waals surface area contributed by atoms with E-state index in [4.69, 9.17) is 0 Å². The highest BCUT2D eigenvalue weighted by atomic mass is 16.3. The van der Waals surface area contributed by atoms with Gasteiger partial charge in [-0.2, -0.15) is 0 Å². The fraction of sp³-hybridized carbons (Fsp3) is 0.316. The van der Waals surface area contributed by atoms with Crippen molar-refractivity contribution in [3.63, 3.8) is 0 Å². The van der Waals surface area contributed by atoms with Crippen molar-refractivity contribution in [2.75, 3.05) is 5.32 Å². The lowest BCUT2D eigenvalue weighted by molar-refractivity contribution is -0.116. The number of anilines is 1. The van der Waals surface area contributed by atoms with Crippen LogP contribution in [0, 0.1) is 0 Å². The maximum atomic E-state index is 12.0. The summed E-state index contributed by atoms with van der Waals surface area (Å²) in [4.78, 5) is 12.0. The molecule has 4 nitrogen and oxygen atoms in total. The molecule has 23 heavy (non-hydrogen) atoms. The summed E-state index contributed by atoms with van der Waals surface area (Å²) in [5, 5.41) is 21.9. The number of carbonyl (C=O) groups excluding carboxylic acids is 1. The van der Waals surface area contributed by atoms with Crippen LogP contribution >= 0.6 is 0 Å². The minimum atomic E-state index is -0.0705. The van der Waals surface area contributed by atoms with Gasteiger partial charge in [-0.15, -0.1) is 0 Å². The number of rotatable bonds is 7. The van der Waals surface area contributed by atoms with Gasteiger partial charge in [-0.1, -0.05) is 25.5 Å². The molecule has 3 N–H and O–H groups in total. The molecule has 0 saturated carbocycles. The molecular formula is C19H23NO3. The van der Waals surface area contributed by atoms with Gasteiger partial charge >= 0.3 is 0 Å². The predicted molar refractivity (Wildman–Crippen MR) is 91.8 cm³/mol. The number of aromatic hydroxyl groups is 2. The standard InChI is InChI=1S/C19H23NO3/c1-2-3-4-15-13-14(5-11-18(15)22)6-12-19(23)20-16-7-9-17(21)10-8-16/h5,7-11,13,21-22H,2-4,6,12H2,1H3,(H,20,23). The van der Waals surface area contributed by atoms with Gasteiger partial charge in [0.15, 0.2) is 0 Å². The first kappa shape index (κ1) is 16.9. The maximum Gasteiger partial charge on any atom is 0.224 e. The van der Waals surface area contributed by atoms with Crippen LogP contribution in [-0.4, -0.2) is 16.1 Å². The molecule has 1 amide bonds. The number of nitrogens with one attached hydrogen (secondary N) is 1. The van der Waals surface area contributed by atoms with E-state index >= 15 is 0 Å². The Kier molecular flexibility index (Phi) is 6.03. The smallest absolute Gasteiger partial charge is 0.224 e. The first-order valence-corrected chi connectivity index (χ1v) is 7.98. The zero-order valence-corrected chi connectivity index (χ0v) is 13.4. The van der Waals surface area contributed by atoms with Gasteiger partial charge in [0.2, 0.25) is 5.91 Å². The molecule has 0 radical (unpaired) electrons. The van der Waals surface area contributed by atoms with Gasteiger partial charge in [-0.05, 0) is 60.7 Å². The lowest BCUT2D eigenvalue weighted by atomic mass is 10.0.